The lowest BCUT2D eigenvalue weighted by molar-refractivity contribution is -0.137. The summed E-state index contributed by atoms with van der Waals surface area (Å²) in [6.07, 6.45) is -4.50. The van der Waals surface area contributed by atoms with Gasteiger partial charge in [-0.05, 0) is 23.8 Å². The zero-order valence-electron chi connectivity index (χ0n) is 14.0. The summed E-state index contributed by atoms with van der Waals surface area (Å²) in [5.41, 5.74) is 5.90. The molecular formula is C18H16F3N5O. The number of rotatable bonds is 5. The summed E-state index contributed by atoms with van der Waals surface area (Å²) < 4.78 is 38.4. The number of nitrogens with one attached hydrogen (secondary N) is 3. The highest BCUT2D eigenvalue weighted by molar-refractivity contribution is 6.10. The molecular weight excluding hydrogens is 359 g/mol. The van der Waals surface area contributed by atoms with Crippen LogP contribution in [0, 0.1) is 0 Å². The molecule has 0 aliphatic heterocycles. The van der Waals surface area contributed by atoms with E-state index in [9.17, 15) is 18.0 Å². The minimum atomic E-state index is -4.50. The number of hydrogen-bond donors (Lipinski definition) is 4. The summed E-state index contributed by atoms with van der Waals surface area (Å²) in [6, 6.07) is 13.8. The second-order valence-corrected chi connectivity index (χ2v) is 5.73. The van der Waals surface area contributed by atoms with E-state index in [1.54, 1.807) is 0 Å². The van der Waals surface area contributed by atoms with E-state index in [2.05, 4.69) is 20.8 Å². The summed E-state index contributed by atoms with van der Waals surface area (Å²) in [4.78, 5) is 12.5. The molecule has 6 nitrogen and oxygen atoms in total. The largest absolute Gasteiger partial charge is 0.416 e. The van der Waals surface area contributed by atoms with Crippen molar-refractivity contribution in [1.29, 1.82) is 0 Å². The minimum Gasteiger partial charge on any atom is -0.383 e. The highest BCUT2D eigenvalue weighted by atomic mass is 19.4. The van der Waals surface area contributed by atoms with Crippen molar-refractivity contribution in [3.63, 3.8) is 0 Å². The second-order valence-electron chi connectivity index (χ2n) is 5.73. The maximum absolute atomic E-state index is 12.8. The fourth-order valence-electron chi connectivity index (χ4n) is 2.46. The molecule has 3 rings (SSSR count). The molecule has 0 spiro atoms. The van der Waals surface area contributed by atoms with Gasteiger partial charge < -0.3 is 16.4 Å². The van der Waals surface area contributed by atoms with Crippen molar-refractivity contribution in [2.75, 3.05) is 16.4 Å². The number of amides is 1. The molecule has 0 radical (unpaired) electrons. The molecule has 9 heteroatoms. The number of nitrogens with zero attached hydrogens (tertiary/aromatic N) is 1. The predicted molar refractivity (Wildman–Crippen MR) is 96.2 cm³/mol. The maximum Gasteiger partial charge on any atom is 0.416 e. The van der Waals surface area contributed by atoms with Gasteiger partial charge in [-0.2, -0.15) is 18.3 Å². The fraction of sp³-hybridized carbons (Fsp3) is 0.111. The first-order chi connectivity index (χ1) is 12.8. The molecule has 3 aromatic rings. The molecule has 140 valence electrons. The van der Waals surface area contributed by atoms with Gasteiger partial charge in [0, 0.05) is 12.2 Å². The van der Waals surface area contributed by atoms with Crippen LogP contribution >= 0.6 is 0 Å². The molecule has 0 saturated carbocycles. The number of aromatic nitrogens is 2. The standard InChI is InChI=1S/C18H16F3N5O/c19-18(20,21)12-7-4-8-13(9-12)24-17(27)14-15(22)25-26-16(14)23-10-11-5-2-1-3-6-11/h1-9H,10H2,(H,24,27)(H4,22,23,25,26). The summed E-state index contributed by atoms with van der Waals surface area (Å²) >= 11 is 0. The Morgan fingerprint density at radius 1 is 1.11 bits per heavy atom. The van der Waals surface area contributed by atoms with Gasteiger partial charge in [0.25, 0.3) is 5.91 Å². The molecule has 27 heavy (non-hydrogen) atoms. The number of nitrogens with two attached hydrogens (primary N) is 1. The van der Waals surface area contributed by atoms with Gasteiger partial charge in [-0.3, -0.25) is 9.89 Å². The normalized spacial score (nSPS) is 11.2. The molecule has 1 heterocycles. The number of nitrogen functional groups attached to an aromatic ring is 1. The minimum absolute atomic E-state index is 0.00411. The van der Waals surface area contributed by atoms with Gasteiger partial charge in [0.15, 0.2) is 5.82 Å². The molecule has 0 atom stereocenters. The van der Waals surface area contributed by atoms with Crippen LogP contribution in [0.1, 0.15) is 21.5 Å². The van der Waals surface area contributed by atoms with Crippen LogP contribution in [0.2, 0.25) is 0 Å². The van der Waals surface area contributed by atoms with Gasteiger partial charge in [0.2, 0.25) is 0 Å². The quantitative estimate of drug-likeness (QED) is 0.544. The second kappa shape index (κ2) is 7.40. The lowest BCUT2D eigenvalue weighted by Crippen LogP contribution is -2.16. The SMILES string of the molecule is Nc1[nH]nc(NCc2ccccc2)c1C(=O)Nc1cccc(C(F)(F)F)c1. The van der Waals surface area contributed by atoms with E-state index in [0.717, 1.165) is 17.7 Å². The first-order valence-electron chi connectivity index (χ1n) is 7.95. The molecule has 0 aliphatic carbocycles. The number of anilines is 3. The molecule has 5 N–H and O–H groups in total. The number of aromatic amines is 1. The number of halogens is 3. The van der Waals surface area contributed by atoms with Gasteiger partial charge in [-0.1, -0.05) is 36.4 Å². The summed E-state index contributed by atoms with van der Waals surface area (Å²) in [7, 11) is 0. The Kier molecular flexibility index (Phi) is 5.02. The Labute approximate surface area is 152 Å². The van der Waals surface area contributed by atoms with Crippen LogP contribution in [0.25, 0.3) is 0 Å². The first kappa shape index (κ1) is 18.3. The lowest BCUT2D eigenvalue weighted by atomic mass is 10.2. The van der Waals surface area contributed by atoms with Crippen molar-refractivity contribution in [2.45, 2.75) is 12.7 Å². The third kappa shape index (κ3) is 4.38. The fourth-order valence-corrected chi connectivity index (χ4v) is 2.46. The third-order valence-corrected chi connectivity index (χ3v) is 3.77. The Morgan fingerprint density at radius 2 is 1.85 bits per heavy atom. The van der Waals surface area contributed by atoms with Crippen LogP contribution in [0.4, 0.5) is 30.5 Å². The third-order valence-electron chi connectivity index (χ3n) is 3.77. The zero-order chi connectivity index (χ0) is 19.4. The van der Waals surface area contributed by atoms with Gasteiger partial charge in [-0.25, -0.2) is 0 Å². The number of carbonyl (C=O) groups is 1. The molecule has 0 unspecified atom stereocenters. The van der Waals surface area contributed by atoms with Crippen molar-refractivity contribution in [1.82, 2.24) is 10.2 Å². The zero-order valence-corrected chi connectivity index (χ0v) is 14.0. The Bertz CT molecular complexity index is 938. The van der Waals surface area contributed by atoms with E-state index in [1.165, 1.54) is 12.1 Å². The highest BCUT2D eigenvalue weighted by Gasteiger charge is 2.30. The van der Waals surface area contributed by atoms with Crippen LogP contribution in [0.5, 0.6) is 0 Å². The van der Waals surface area contributed by atoms with E-state index in [0.29, 0.717) is 6.54 Å². The van der Waals surface area contributed by atoms with Crippen LogP contribution in [0.15, 0.2) is 54.6 Å². The summed E-state index contributed by atoms with van der Waals surface area (Å²) in [5.74, 6) is -0.452. The monoisotopic (exact) mass is 375 g/mol. The molecule has 1 aromatic heterocycles. The Hall–Kier alpha value is -3.49. The number of hydrogen-bond acceptors (Lipinski definition) is 4. The van der Waals surface area contributed by atoms with Crippen molar-refractivity contribution < 1.29 is 18.0 Å². The van der Waals surface area contributed by atoms with E-state index in [1.807, 2.05) is 30.3 Å². The van der Waals surface area contributed by atoms with Gasteiger partial charge >= 0.3 is 6.18 Å². The topological polar surface area (TPSA) is 95.8 Å². The van der Waals surface area contributed by atoms with E-state index in [4.69, 9.17) is 5.73 Å². The van der Waals surface area contributed by atoms with E-state index >= 15 is 0 Å². The molecule has 0 aliphatic rings. The van der Waals surface area contributed by atoms with Crippen LogP contribution in [-0.4, -0.2) is 16.1 Å². The van der Waals surface area contributed by atoms with Crippen molar-refractivity contribution in [2.24, 2.45) is 0 Å². The first-order valence-corrected chi connectivity index (χ1v) is 7.95. The highest BCUT2D eigenvalue weighted by Crippen LogP contribution is 2.31. The summed E-state index contributed by atoms with van der Waals surface area (Å²) in [6.45, 7) is 0.398. The molecule has 1 amide bonds. The number of benzene rings is 2. The molecule has 0 fully saturated rings. The molecule has 0 saturated heterocycles. The van der Waals surface area contributed by atoms with Crippen LogP contribution in [-0.2, 0) is 12.7 Å². The maximum atomic E-state index is 12.8. The number of alkyl halides is 3. The average molecular weight is 375 g/mol. The summed E-state index contributed by atoms with van der Waals surface area (Å²) in [5, 5.41) is 11.9. The smallest absolute Gasteiger partial charge is 0.383 e. The van der Waals surface area contributed by atoms with Crippen LogP contribution in [0.3, 0.4) is 0 Å². The Balaban J connectivity index is 1.76. The molecule has 0 bridgehead atoms. The number of carbonyl (C=O) groups excluding carboxylic acids is 1. The van der Waals surface area contributed by atoms with Crippen molar-refractivity contribution in [3.8, 4) is 0 Å². The predicted octanol–water partition coefficient (Wildman–Crippen LogP) is 3.88. The van der Waals surface area contributed by atoms with Crippen LogP contribution < -0.4 is 16.4 Å². The molecule has 2 aromatic carbocycles. The van der Waals surface area contributed by atoms with E-state index < -0.39 is 17.6 Å². The van der Waals surface area contributed by atoms with Gasteiger partial charge in [0.05, 0.1) is 5.56 Å². The van der Waals surface area contributed by atoms with Crippen molar-refractivity contribution >= 4 is 23.2 Å². The van der Waals surface area contributed by atoms with Crippen molar-refractivity contribution in [3.05, 3.63) is 71.3 Å². The number of H-pyrrole nitrogens is 1. The Morgan fingerprint density at radius 3 is 2.56 bits per heavy atom. The van der Waals surface area contributed by atoms with E-state index in [-0.39, 0.29) is 22.9 Å². The average Bonchev–Trinajstić information content (AvgIpc) is 3.01. The lowest BCUT2D eigenvalue weighted by Gasteiger charge is -2.11. The van der Waals surface area contributed by atoms with Gasteiger partial charge in [-0.15, -0.1) is 0 Å². The van der Waals surface area contributed by atoms with Gasteiger partial charge in [0.1, 0.15) is 11.4 Å².